The molecule has 2 rings (SSSR count). The molecule has 100 valence electrons. The van der Waals surface area contributed by atoms with E-state index in [1.54, 1.807) is 24.3 Å². The highest BCUT2D eigenvalue weighted by atomic mass is 79.9. The lowest BCUT2D eigenvalue weighted by atomic mass is 10.0. The number of carbonyl (C=O) groups excluding carboxylic acids is 1. The predicted molar refractivity (Wildman–Crippen MR) is 82.7 cm³/mol. The van der Waals surface area contributed by atoms with Gasteiger partial charge in [-0.25, -0.2) is 0 Å². The summed E-state index contributed by atoms with van der Waals surface area (Å²) in [7, 11) is 3.06. The molecule has 0 aliphatic carbocycles. The van der Waals surface area contributed by atoms with Gasteiger partial charge in [0, 0.05) is 5.56 Å². The van der Waals surface area contributed by atoms with Gasteiger partial charge in [0.2, 0.25) is 5.78 Å². The molecule has 0 bridgehead atoms. The van der Waals surface area contributed by atoms with E-state index in [0.717, 1.165) is 7.57 Å². The number of ketones is 1. The molecule has 1 heterocycles. The highest BCUT2D eigenvalue weighted by molar-refractivity contribution is 9.12. The first-order chi connectivity index (χ1) is 9.08. The summed E-state index contributed by atoms with van der Waals surface area (Å²) in [5.41, 5.74) is 1.01. The Morgan fingerprint density at radius 2 is 1.74 bits per heavy atom. The maximum Gasteiger partial charge on any atom is 0.202 e. The van der Waals surface area contributed by atoms with Gasteiger partial charge in [-0.1, -0.05) is 6.07 Å². The fraction of sp³-hybridized carbons (Fsp3) is 0.154. The minimum Gasteiger partial charge on any atom is -0.496 e. The fourth-order valence-corrected chi connectivity index (χ4v) is 4.50. The summed E-state index contributed by atoms with van der Waals surface area (Å²) in [5.74, 6) is 0.861. The van der Waals surface area contributed by atoms with Gasteiger partial charge < -0.3 is 9.47 Å². The number of benzene rings is 1. The molecule has 0 fully saturated rings. The van der Waals surface area contributed by atoms with Crippen LogP contribution in [0.15, 0.2) is 31.8 Å². The van der Waals surface area contributed by atoms with Crippen LogP contribution in [0.4, 0.5) is 0 Å². The summed E-state index contributed by atoms with van der Waals surface area (Å²) in [4.78, 5) is 12.6. The van der Waals surface area contributed by atoms with Crippen LogP contribution in [-0.4, -0.2) is 20.0 Å². The molecule has 1 aromatic heterocycles. The second-order valence-corrected chi connectivity index (χ2v) is 7.35. The molecule has 0 spiro atoms. The van der Waals surface area contributed by atoms with Crippen molar-refractivity contribution in [2.45, 2.75) is 0 Å². The van der Waals surface area contributed by atoms with Gasteiger partial charge in [-0.2, -0.15) is 0 Å². The van der Waals surface area contributed by atoms with Gasteiger partial charge in [0.05, 0.1) is 21.8 Å². The van der Waals surface area contributed by atoms with Gasteiger partial charge in [0.1, 0.15) is 17.1 Å². The number of carbonyl (C=O) groups is 1. The number of thiophene rings is 1. The number of hydrogen-bond donors (Lipinski definition) is 0. The van der Waals surface area contributed by atoms with E-state index in [1.165, 1.54) is 25.6 Å². The summed E-state index contributed by atoms with van der Waals surface area (Å²) in [6.07, 6.45) is 0. The summed E-state index contributed by atoms with van der Waals surface area (Å²) in [6.45, 7) is 0. The van der Waals surface area contributed by atoms with E-state index in [9.17, 15) is 4.79 Å². The zero-order chi connectivity index (χ0) is 14.0. The van der Waals surface area contributed by atoms with Crippen molar-refractivity contribution in [3.8, 4) is 11.5 Å². The van der Waals surface area contributed by atoms with Crippen LogP contribution < -0.4 is 9.47 Å². The fourth-order valence-electron chi connectivity index (χ4n) is 1.70. The second kappa shape index (κ2) is 6.07. The Labute approximate surface area is 131 Å². The molecule has 0 saturated carbocycles. The van der Waals surface area contributed by atoms with Crippen molar-refractivity contribution in [2.24, 2.45) is 0 Å². The number of methoxy groups -OCH3 is 2. The first-order valence-corrected chi connectivity index (χ1v) is 7.69. The van der Waals surface area contributed by atoms with E-state index in [0.29, 0.717) is 22.6 Å². The van der Waals surface area contributed by atoms with Crippen molar-refractivity contribution in [2.75, 3.05) is 14.2 Å². The Bertz CT molecular complexity index is 600. The molecule has 3 nitrogen and oxygen atoms in total. The number of hydrogen-bond acceptors (Lipinski definition) is 4. The van der Waals surface area contributed by atoms with Gasteiger partial charge in [-0.15, -0.1) is 11.3 Å². The SMILES string of the molecule is COc1cccc(OC)c1C(=O)c1cc(Br)sc1Br. The maximum atomic E-state index is 12.6. The number of rotatable bonds is 4. The number of ether oxygens (including phenoxy) is 2. The molecular formula is C13H10Br2O3S. The van der Waals surface area contributed by atoms with Crippen LogP contribution in [-0.2, 0) is 0 Å². The van der Waals surface area contributed by atoms with E-state index < -0.39 is 0 Å². The Hall–Kier alpha value is -0.850. The summed E-state index contributed by atoms with van der Waals surface area (Å²) < 4.78 is 12.2. The van der Waals surface area contributed by atoms with Crippen molar-refractivity contribution in [1.29, 1.82) is 0 Å². The summed E-state index contributed by atoms with van der Waals surface area (Å²) >= 11 is 8.21. The van der Waals surface area contributed by atoms with Crippen molar-refractivity contribution in [1.82, 2.24) is 0 Å². The minimum atomic E-state index is -0.136. The first kappa shape index (κ1) is 14.6. The molecule has 0 atom stereocenters. The zero-order valence-electron chi connectivity index (χ0n) is 10.2. The van der Waals surface area contributed by atoms with Crippen LogP contribution in [0.25, 0.3) is 0 Å². The first-order valence-electron chi connectivity index (χ1n) is 5.29. The van der Waals surface area contributed by atoms with Crippen molar-refractivity contribution < 1.29 is 14.3 Å². The molecule has 19 heavy (non-hydrogen) atoms. The molecule has 0 amide bonds. The molecule has 0 saturated heterocycles. The highest BCUT2D eigenvalue weighted by Gasteiger charge is 2.23. The highest BCUT2D eigenvalue weighted by Crippen LogP contribution is 2.37. The standard InChI is InChI=1S/C13H10Br2O3S/c1-17-8-4-3-5-9(18-2)11(8)12(16)7-6-10(14)19-13(7)15/h3-6H,1-2H3. The molecule has 0 unspecified atom stereocenters. The quantitative estimate of drug-likeness (QED) is 0.701. The number of halogens is 2. The molecule has 0 aliphatic heterocycles. The van der Waals surface area contributed by atoms with E-state index in [4.69, 9.17) is 9.47 Å². The van der Waals surface area contributed by atoms with E-state index in [1.807, 2.05) is 0 Å². The molecule has 0 aliphatic rings. The molecule has 1 aromatic carbocycles. The van der Waals surface area contributed by atoms with Crippen molar-refractivity contribution in [3.05, 3.63) is 43.0 Å². The Balaban J connectivity index is 2.58. The average molecular weight is 406 g/mol. The van der Waals surface area contributed by atoms with Gasteiger partial charge in [0.15, 0.2) is 0 Å². The normalized spacial score (nSPS) is 10.3. The average Bonchev–Trinajstić information content (AvgIpc) is 2.75. The van der Waals surface area contributed by atoms with Gasteiger partial charge in [0.25, 0.3) is 0 Å². The molecule has 6 heteroatoms. The monoisotopic (exact) mass is 404 g/mol. The third kappa shape index (κ3) is 2.85. The largest absolute Gasteiger partial charge is 0.496 e. The third-order valence-electron chi connectivity index (χ3n) is 2.56. The Morgan fingerprint density at radius 1 is 1.16 bits per heavy atom. The van der Waals surface area contributed by atoms with Crippen LogP contribution in [0.5, 0.6) is 11.5 Å². The lowest BCUT2D eigenvalue weighted by molar-refractivity contribution is 0.103. The van der Waals surface area contributed by atoms with Crippen LogP contribution in [0.3, 0.4) is 0 Å². The lowest BCUT2D eigenvalue weighted by Gasteiger charge is -2.11. The molecule has 0 N–H and O–H groups in total. The van der Waals surface area contributed by atoms with Crippen LogP contribution >= 0.6 is 43.2 Å². The van der Waals surface area contributed by atoms with Crippen LogP contribution in [0, 0.1) is 0 Å². The third-order valence-corrected chi connectivity index (χ3v) is 4.90. The van der Waals surface area contributed by atoms with E-state index in [-0.39, 0.29) is 5.78 Å². The molecular weight excluding hydrogens is 396 g/mol. The maximum absolute atomic E-state index is 12.6. The molecule has 2 aromatic rings. The Kier molecular flexibility index (Phi) is 4.65. The predicted octanol–water partition coefficient (Wildman–Crippen LogP) is 4.52. The van der Waals surface area contributed by atoms with Crippen LogP contribution in [0.1, 0.15) is 15.9 Å². The Morgan fingerprint density at radius 3 is 2.16 bits per heavy atom. The van der Waals surface area contributed by atoms with Gasteiger partial charge >= 0.3 is 0 Å². The van der Waals surface area contributed by atoms with Crippen molar-refractivity contribution >= 4 is 49.0 Å². The van der Waals surface area contributed by atoms with Gasteiger partial charge in [-0.3, -0.25) is 4.79 Å². The lowest BCUT2D eigenvalue weighted by Crippen LogP contribution is -2.06. The second-order valence-electron chi connectivity index (χ2n) is 3.60. The topological polar surface area (TPSA) is 35.5 Å². The van der Waals surface area contributed by atoms with Crippen molar-refractivity contribution in [3.63, 3.8) is 0 Å². The summed E-state index contributed by atoms with van der Waals surface area (Å²) in [5, 5.41) is 0. The zero-order valence-corrected chi connectivity index (χ0v) is 14.2. The van der Waals surface area contributed by atoms with Crippen LogP contribution in [0.2, 0.25) is 0 Å². The van der Waals surface area contributed by atoms with E-state index >= 15 is 0 Å². The van der Waals surface area contributed by atoms with Gasteiger partial charge in [-0.05, 0) is 50.1 Å². The van der Waals surface area contributed by atoms with E-state index in [2.05, 4.69) is 31.9 Å². The summed E-state index contributed by atoms with van der Waals surface area (Å²) in [6, 6.07) is 7.05. The smallest absolute Gasteiger partial charge is 0.202 e. The molecule has 0 radical (unpaired) electrons. The minimum absolute atomic E-state index is 0.136.